The predicted octanol–water partition coefficient (Wildman–Crippen LogP) is 5.67. The van der Waals surface area contributed by atoms with E-state index in [4.69, 9.17) is 0 Å². The zero-order valence-electron chi connectivity index (χ0n) is 14.1. The summed E-state index contributed by atoms with van der Waals surface area (Å²) in [5.74, 6) is 1.77. The smallest absolute Gasteiger partial charge is 0.0955 e. The van der Waals surface area contributed by atoms with Crippen molar-refractivity contribution >= 4 is 0 Å². The molecule has 0 amide bonds. The minimum absolute atomic E-state index is 0.505. The fourth-order valence-corrected chi connectivity index (χ4v) is 5.21. The van der Waals surface area contributed by atoms with Gasteiger partial charge in [0, 0.05) is 0 Å². The number of unbranched alkanes of at least 4 members (excludes halogenated alkanes) is 5. The van der Waals surface area contributed by atoms with Crippen molar-refractivity contribution in [2.75, 3.05) is 0 Å². The summed E-state index contributed by atoms with van der Waals surface area (Å²) in [4.78, 5) is 0. The molecule has 0 heterocycles. The monoisotopic (exact) mass is 300 g/mol. The van der Waals surface area contributed by atoms with Gasteiger partial charge < -0.3 is 5.11 Å². The van der Waals surface area contributed by atoms with Crippen LogP contribution in [0, 0.1) is 17.8 Å². The maximum atomic E-state index is 11.4. The number of benzene rings is 1. The Morgan fingerprint density at radius 3 is 2.50 bits per heavy atom. The molecule has 0 aliphatic heterocycles. The topological polar surface area (TPSA) is 20.2 Å². The van der Waals surface area contributed by atoms with E-state index < -0.39 is 5.60 Å². The van der Waals surface area contributed by atoms with Gasteiger partial charge in [-0.1, -0.05) is 82.2 Å². The summed E-state index contributed by atoms with van der Waals surface area (Å²) in [6.07, 6.45) is 13.3. The average molecular weight is 300 g/mol. The SMILES string of the molecule is CCCCCCCC[C@H]1C[C@H]2CC[C@@H]1C2(O)c1ccccc1. The highest BCUT2D eigenvalue weighted by Crippen LogP contribution is 2.61. The Bertz CT molecular complexity index is 454. The quantitative estimate of drug-likeness (QED) is 0.613. The molecule has 1 heteroatoms. The number of rotatable bonds is 8. The molecule has 2 aliphatic rings. The Hall–Kier alpha value is -0.820. The molecule has 1 nitrogen and oxygen atoms in total. The van der Waals surface area contributed by atoms with E-state index in [1.54, 1.807) is 0 Å². The lowest BCUT2D eigenvalue weighted by molar-refractivity contribution is -0.0167. The van der Waals surface area contributed by atoms with Gasteiger partial charge in [-0.15, -0.1) is 0 Å². The number of hydrogen-bond donors (Lipinski definition) is 1. The van der Waals surface area contributed by atoms with Crippen LogP contribution in [-0.4, -0.2) is 5.11 Å². The van der Waals surface area contributed by atoms with Gasteiger partial charge in [0.1, 0.15) is 0 Å². The standard InChI is InChI=1S/C21H32O/c1-2-3-4-5-6-8-11-17-16-19-14-15-20(17)21(19,22)18-12-9-7-10-13-18/h7,9-10,12-13,17,19-20,22H,2-6,8,11,14-16H2,1H3/t17-,19+,20-,21?/m0/s1. The van der Waals surface area contributed by atoms with Crippen LogP contribution in [0.3, 0.4) is 0 Å². The minimum Gasteiger partial charge on any atom is -0.385 e. The van der Waals surface area contributed by atoms with Crippen molar-refractivity contribution in [3.05, 3.63) is 35.9 Å². The lowest BCUT2D eigenvalue weighted by atomic mass is 9.80. The van der Waals surface area contributed by atoms with Crippen LogP contribution in [0.2, 0.25) is 0 Å². The van der Waals surface area contributed by atoms with Gasteiger partial charge in [0.2, 0.25) is 0 Å². The second-order valence-corrected chi connectivity index (χ2v) is 7.62. The lowest BCUT2D eigenvalue weighted by Gasteiger charge is -2.30. The molecule has 1 N–H and O–H groups in total. The third kappa shape index (κ3) is 2.97. The summed E-state index contributed by atoms with van der Waals surface area (Å²) < 4.78 is 0. The molecule has 0 aromatic heterocycles. The first kappa shape index (κ1) is 16.1. The van der Waals surface area contributed by atoms with Crippen LogP contribution in [0.5, 0.6) is 0 Å². The first-order valence-corrected chi connectivity index (χ1v) is 9.54. The van der Waals surface area contributed by atoms with E-state index >= 15 is 0 Å². The molecule has 2 bridgehead atoms. The van der Waals surface area contributed by atoms with E-state index in [1.165, 1.54) is 69.8 Å². The summed E-state index contributed by atoms with van der Waals surface area (Å²) in [7, 11) is 0. The van der Waals surface area contributed by atoms with Crippen molar-refractivity contribution in [1.29, 1.82) is 0 Å². The van der Waals surface area contributed by atoms with E-state index in [0.717, 1.165) is 5.92 Å². The van der Waals surface area contributed by atoms with Gasteiger partial charge in [-0.25, -0.2) is 0 Å². The molecule has 0 spiro atoms. The summed E-state index contributed by atoms with van der Waals surface area (Å²) in [5.41, 5.74) is 0.654. The molecule has 2 saturated carbocycles. The van der Waals surface area contributed by atoms with Crippen LogP contribution in [0.15, 0.2) is 30.3 Å². The van der Waals surface area contributed by atoms with Gasteiger partial charge in [0.05, 0.1) is 5.60 Å². The van der Waals surface area contributed by atoms with Gasteiger partial charge in [-0.2, -0.15) is 0 Å². The van der Waals surface area contributed by atoms with Crippen molar-refractivity contribution < 1.29 is 5.11 Å². The molecule has 1 aromatic rings. The van der Waals surface area contributed by atoms with Crippen LogP contribution in [0.4, 0.5) is 0 Å². The molecule has 3 rings (SSSR count). The van der Waals surface area contributed by atoms with Crippen LogP contribution in [0.25, 0.3) is 0 Å². The van der Waals surface area contributed by atoms with Crippen molar-refractivity contribution in [2.45, 2.75) is 76.7 Å². The Morgan fingerprint density at radius 1 is 1.00 bits per heavy atom. The van der Waals surface area contributed by atoms with Gasteiger partial charge >= 0.3 is 0 Å². The normalized spacial score (nSPS) is 33.5. The van der Waals surface area contributed by atoms with E-state index in [1.807, 2.05) is 0 Å². The first-order valence-electron chi connectivity index (χ1n) is 9.54. The predicted molar refractivity (Wildman–Crippen MR) is 92.7 cm³/mol. The summed E-state index contributed by atoms with van der Waals surface area (Å²) in [5, 5.41) is 11.4. The molecule has 22 heavy (non-hydrogen) atoms. The Labute approximate surface area is 136 Å². The Kier molecular flexibility index (Phi) is 5.23. The molecule has 122 valence electrons. The van der Waals surface area contributed by atoms with E-state index in [2.05, 4.69) is 37.3 Å². The van der Waals surface area contributed by atoms with E-state index in [-0.39, 0.29) is 0 Å². The van der Waals surface area contributed by atoms with Gasteiger partial charge in [0.25, 0.3) is 0 Å². The summed E-state index contributed by atoms with van der Waals surface area (Å²) >= 11 is 0. The highest BCUT2D eigenvalue weighted by molar-refractivity contribution is 5.28. The van der Waals surface area contributed by atoms with Crippen LogP contribution in [0.1, 0.15) is 76.7 Å². The van der Waals surface area contributed by atoms with Crippen molar-refractivity contribution in [3.8, 4) is 0 Å². The third-order valence-electron chi connectivity index (χ3n) is 6.33. The largest absolute Gasteiger partial charge is 0.385 e. The second kappa shape index (κ2) is 7.17. The molecule has 0 saturated heterocycles. The number of aliphatic hydroxyl groups is 1. The molecule has 0 radical (unpaired) electrons. The first-order chi connectivity index (χ1) is 10.8. The molecule has 1 aromatic carbocycles. The second-order valence-electron chi connectivity index (χ2n) is 7.62. The van der Waals surface area contributed by atoms with E-state index in [0.29, 0.717) is 11.8 Å². The van der Waals surface area contributed by atoms with Gasteiger partial charge in [0.15, 0.2) is 0 Å². The molecular formula is C21H32O. The summed E-state index contributed by atoms with van der Waals surface area (Å²) in [6, 6.07) is 10.5. The highest BCUT2D eigenvalue weighted by atomic mass is 16.3. The Morgan fingerprint density at radius 2 is 1.73 bits per heavy atom. The molecule has 1 unspecified atom stereocenters. The van der Waals surface area contributed by atoms with Crippen molar-refractivity contribution in [1.82, 2.24) is 0 Å². The van der Waals surface area contributed by atoms with Gasteiger partial charge in [-0.05, 0) is 42.6 Å². The molecule has 2 fully saturated rings. The van der Waals surface area contributed by atoms with Crippen LogP contribution in [-0.2, 0) is 5.60 Å². The third-order valence-corrected chi connectivity index (χ3v) is 6.33. The zero-order chi connectivity index (χ0) is 15.4. The van der Waals surface area contributed by atoms with Crippen molar-refractivity contribution in [3.63, 3.8) is 0 Å². The molecular weight excluding hydrogens is 268 g/mol. The zero-order valence-corrected chi connectivity index (χ0v) is 14.1. The summed E-state index contributed by atoms with van der Waals surface area (Å²) in [6.45, 7) is 2.28. The molecule has 2 aliphatic carbocycles. The maximum absolute atomic E-state index is 11.4. The Balaban J connectivity index is 1.55. The molecule has 4 atom stereocenters. The minimum atomic E-state index is -0.520. The fraction of sp³-hybridized carbons (Fsp3) is 0.714. The van der Waals surface area contributed by atoms with Crippen molar-refractivity contribution in [2.24, 2.45) is 17.8 Å². The average Bonchev–Trinajstić information content (AvgIpc) is 3.03. The maximum Gasteiger partial charge on any atom is 0.0955 e. The number of fused-ring (bicyclic) bond motifs is 2. The number of hydrogen-bond acceptors (Lipinski definition) is 1. The highest BCUT2D eigenvalue weighted by Gasteiger charge is 2.58. The van der Waals surface area contributed by atoms with Crippen LogP contribution >= 0.6 is 0 Å². The fourth-order valence-electron chi connectivity index (χ4n) is 5.21. The van der Waals surface area contributed by atoms with E-state index in [9.17, 15) is 5.11 Å². The lowest BCUT2D eigenvalue weighted by Crippen LogP contribution is -2.32. The van der Waals surface area contributed by atoms with Crippen LogP contribution < -0.4 is 0 Å². The van der Waals surface area contributed by atoms with Gasteiger partial charge in [-0.3, -0.25) is 0 Å².